The zero-order valence-corrected chi connectivity index (χ0v) is 9.16. The number of carbonyl (C=O) groups is 1. The van der Waals surface area contributed by atoms with Gasteiger partial charge >= 0.3 is 5.97 Å². The second kappa shape index (κ2) is 6.26. The molecule has 90 valence electrons. The number of para-hydroxylation sites is 1. The summed E-state index contributed by atoms with van der Waals surface area (Å²) in [6.45, 7) is -0.236. The molecular formula is C11H11NO5. The van der Waals surface area contributed by atoms with Crippen molar-refractivity contribution in [2.75, 3.05) is 13.7 Å². The molecule has 6 heteroatoms. The molecule has 1 aromatic rings. The van der Waals surface area contributed by atoms with Gasteiger partial charge in [-0.25, -0.2) is 4.79 Å². The quantitative estimate of drug-likeness (QED) is 0.440. The highest BCUT2D eigenvalue weighted by Crippen LogP contribution is 2.19. The van der Waals surface area contributed by atoms with E-state index in [0.717, 1.165) is 6.20 Å². The maximum absolute atomic E-state index is 10.9. The summed E-state index contributed by atoms with van der Waals surface area (Å²) in [5.41, 5.74) is 0.521. The third-order valence-corrected chi connectivity index (χ3v) is 1.87. The molecule has 0 amide bonds. The highest BCUT2D eigenvalue weighted by atomic mass is 16.6. The van der Waals surface area contributed by atoms with Crippen molar-refractivity contribution in [2.24, 2.45) is 0 Å². The number of rotatable bonds is 5. The number of hydrogen-bond acceptors (Lipinski definition) is 5. The molecule has 1 aromatic carbocycles. The van der Waals surface area contributed by atoms with E-state index in [1.165, 1.54) is 13.2 Å². The molecule has 0 bridgehead atoms. The summed E-state index contributed by atoms with van der Waals surface area (Å²) >= 11 is 0. The molecule has 0 atom stereocenters. The fourth-order valence-electron chi connectivity index (χ4n) is 1.09. The van der Waals surface area contributed by atoms with Gasteiger partial charge in [-0.3, -0.25) is 10.1 Å². The summed E-state index contributed by atoms with van der Waals surface area (Å²) < 4.78 is 9.59. The Balaban J connectivity index is 2.77. The highest BCUT2D eigenvalue weighted by Gasteiger charge is 2.05. The molecule has 17 heavy (non-hydrogen) atoms. The average Bonchev–Trinajstić information content (AvgIpc) is 2.34. The zero-order valence-electron chi connectivity index (χ0n) is 9.16. The number of carbonyl (C=O) groups excluding carboxylic acids is 1. The molecule has 0 saturated heterocycles. The number of hydrogen-bond donors (Lipinski definition) is 0. The number of nitro groups is 1. The molecule has 0 aromatic heterocycles. The van der Waals surface area contributed by atoms with Gasteiger partial charge in [-0.1, -0.05) is 18.2 Å². The van der Waals surface area contributed by atoms with Crippen LogP contribution in [0.2, 0.25) is 0 Å². The number of methoxy groups -OCH3 is 1. The minimum absolute atomic E-state index is 0.236. The van der Waals surface area contributed by atoms with Crippen molar-refractivity contribution in [3.63, 3.8) is 0 Å². The minimum Gasteiger partial charge on any atom is -0.481 e. The normalized spacial score (nSPS) is 10.2. The lowest BCUT2D eigenvalue weighted by atomic mass is 10.2. The lowest BCUT2D eigenvalue weighted by Crippen LogP contribution is -2.12. The van der Waals surface area contributed by atoms with E-state index in [9.17, 15) is 14.9 Å². The molecule has 0 N–H and O–H groups in total. The molecule has 0 spiro atoms. The van der Waals surface area contributed by atoms with Crippen molar-refractivity contribution in [1.82, 2.24) is 0 Å². The van der Waals surface area contributed by atoms with Gasteiger partial charge in [-0.2, -0.15) is 0 Å². The van der Waals surface area contributed by atoms with Crippen LogP contribution in [0.4, 0.5) is 0 Å². The molecule has 0 unspecified atom stereocenters. The van der Waals surface area contributed by atoms with Gasteiger partial charge in [0.25, 0.3) is 0 Å². The lowest BCUT2D eigenvalue weighted by Gasteiger charge is -2.06. The van der Waals surface area contributed by atoms with Gasteiger partial charge in [-0.05, 0) is 6.07 Å². The van der Waals surface area contributed by atoms with E-state index >= 15 is 0 Å². The van der Waals surface area contributed by atoms with Crippen LogP contribution < -0.4 is 4.74 Å². The van der Waals surface area contributed by atoms with E-state index in [0.29, 0.717) is 11.3 Å². The van der Waals surface area contributed by atoms with Crippen molar-refractivity contribution in [1.29, 1.82) is 0 Å². The molecule has 0 aliphatic heterocycles. The highest BCUT2D eigenvalue weighted by molar-refractivity contribution is 5.71. The third-order valence-electron chi connectivity index (χ3n) is 1.87. The van der Waals surface area contributed by atoms with Crippen molar-refractivity contribution in [3.05, 3.63) is 46.1 Å². The summed E-state index contributed by atoms with van der Waals surface area (Å²) in [5, 5.41) is 10.2. The molecule has 1 rings (SSSR count). The average molecular weight is 237 g/mol. The Bertz CT molecular complexity index is 441. The Morgan fingerprint density at radius 2 is 2.18 bits per heavy atom. The van der Waals surface area contributed by atoms with Crippen LogP contribution in [0.3, 0.4) is 0 Å². The van der Waals surface area contributed by atoms with Crippen LogP contribution in [-0.4, -0.2) is 24.6 Å². The standard InChI is InChI=1S/C11H11NO5/c1-16-11(13)8-17-10-5-3-2-4-9(10)6-7-12(14)15/h2-7H,8H2,1H3/b7-6+. The molecule has 0 radical (unpaired) electrons. The molecule has 0 aliphatic rings. The van der Waals surface area contributed by atoms with Gasteiger partial charge < -0.3 is 9.47 Å². The van der Waals surface area contributed by atoms with Crippen LogP contribution >= 0.6 is 0 Å². The first-order valence-electron chi connectivity index (χ1n) is 4.74. The van der Waals surface area contributed by atoms with Crippen molar-refractivity contribution in [2.45, 2.75) is 0 Å². The van der Waals surface area contributed by atoms with Crippen LogP contribution in [0.1, 0.15) is 5.56 Å². The largest absolute Gasteiger partial charge is 0.481 e. The van der Waals surface area contributed by atoms with Crippen molar-refractivity contribution >= 4 is 12.0 Å². The Labute approximate surface area is 97.6 Å². The number of esters is 1. The van der Waals surface area contributed by atoms with Gasteiger partial charge in [0, 0.05) is 11.6 Å². The first-order valence-corrected chi connectivity index (χ1v) is 4.74. The van der Waals surface area contributed by atoms with Crippen LogP contribution in [0.15, 0.2) is 30.5 Å². The van der Waals surface area contributed by atoms with E-state index in [2.05, 4.69) is 4.74 Å². The molecule has 6 nitrogen and oxygen atoms in total. The predicted molar refractivity (Wildman–Crippen MR) is 60.0 cm³/mol. The summed E-state index contributed by atoms with van der Waals surface area (Å²) in [7, 11) is 1.25. The van der Waals surface area contributed by atoms with E-state index < -0.39 is 10.9 Å². The monoisotopic (exact) mass is 237 g/mol. The Hall–Kier alpha value is -2.37. The molecule has 0 saturated carbocycles. The predicted octanol–water partition coefficient (Wildman–Crippen LogP) is 1.49. The van der Waals surface area contributed by atoms with Gasteiger partial charge in [0.2, 0.25) is 6.20 Å². The van der Waals surface area contributed by atoms with Crippen LogP contribution in [0.5, 0.6) is 5.75 Å². The second-order valence-corrected chi connectivity index (χ2v) is 3.00. The Kier molecular flexibility index (Phi) is 4.68. The molecule has 0 fully saturated rings. The SMILES string of the molecule is COC(=O)COc1ccccc1/C=C/[N+](=O)[O-]. The van der Waals surface area contributed by atoms with Crippen molar-refractivity contribution < 1.29 is 19.2 Å². The Morgan fingerprint density at radius 3 is 2.82 bits per heavy atom. The van der Waals surface area contributed by atoms with E-state index in [4.69, 9.17) is 4.74 Å². The third kappa shape index (κ3) is 4.33. The molecule has 0 heterocycles. The van der Waals surface area contributed by atoms with Crippen LogP contribution in [0, 0.1) is 10.1 Å². The van der Waals surface area contributed by atoms with Gasteiger partial charge in [0.05, 0.1) is 12.0 Å². The van der Waals surface area contributed by atoms with Crippen LogP contribution in [0.25, 0.3) is 6.08 Å². The first kappa shape index (κ1) is 12.7. The summed E-state index contributed by atoms with van der Waals surface area (Å²) in [5.74, 6) is -0.131. The smallest absolute Gasteiger partial charge is 0.343 e. The van der Waals surface area contributed by atoms with Gasteiger partial charge in [-0.15, -0.1) is 0 Å². The number of nitrogens with zero attached hydrogens (tertiary/aromatic N) is 1. The fraction of sp³-hybridized carbons (Fsp3) is 0.182. The summed E-state index contributed by atoms with van der Waals surface area (Å²) in [6.07, 6.45) is 2.10. The summed E-state index contributed by atoms with van der Waals surface area (Å²) in [4.78, 5) is 20.5. The lowest BCUT2D eigenvalue weighted by molar-refractivity contribution is -0.400. The molecule has 0 aliphatic carbocycles. The maximum Gasteiger partial charge on any atom is 0.343 e. The molecular weight excluding hydrogens is 226 g/mol. The van der Waals surface area contributed by atoms with E-state index in [1.807, 2.05) is 0 Å². The second-order valence-electron chi connectivity index (χ2n) is 3.00. The van der Waals surface area contributed by atoms with Gasteiger partial charge in [0.15, 0.2) is 6.61 Å². The van der Waals surface area contributed by atoms with Gasteiger partial charge in [0.1, 0.15) is 5.75 Å². The minimum atomic E-state index is -0.572. The van der Waals surface area contributed by atoms with Crippen molar-refractivity contribution in [3.8, 4) is 5.75 Å². The number of ether oxygens (including phenoxy) is 2. The van der Waals surface area contributed by atoms with Crippen LogP contribution in [-0.2, 0) is 9.53 Å². The maximum atomic E-state index is 10.9. The topological polar surface area (TPSA) is 78.7 Å². The van der Waals surface area contributed by atoms with E-state index in [-0.39, 0.29) is 6.61 Å². The Morgan fingerprint density at radius 1 is 1.47 bits per heavy atom. The zero-order chi connectivity index (χ0) is 12.7. The summed E-state index contributed by atoms with van der Waals surface area (Å²) in [6, 6.07) is 6.68. The fourth-order valence-corrected chi connectivity index (χ4v) is 1.09. The van der Waals surface area contributed by atoms with E-state index in [1.54, 1.807) is 24.3 Å². The first-order chi connectivity index (χ1) is 8.13. The number of benzene rings is 1.